The molecular formula is C10H16O. The van der Waals surface area contributed by atoms with Gasteiger partial charge in [-0.2, -0.15) is 0 Å². The molecule has 0 amide bonds. The molecule has 0 aliphatic rings. The average molecular weight is 152 g/mol. The molecule has 0 aromatic rings. The Hall–Kier alpha value is -0.980. The van der Waals surface area contributed by atoms with Crippen molar-refractivity contribution in [3.05, 3.63) is 37.1 Å². The molecule has 1 heteroatoms. The minimum atomic E-state index is 0.326. The van der Waals surface area contributed by atoms with Gasteiger partial charge in [-0.1, -0.05) is 19.6 Å². The van der Waals surface area contributed by atoms with E-state index >= 15 is 0 Å². The first kappa shape index (κ1) is 10.0. The van der Waals surface area contributed by atoms with E-state index in [0.717, 1.165) is 5.57 Å². The van der Waals surface area contributed by atoms with Gasteiger partial charge in [0.25, 0.3) is 0 Å². The fourth-order valence-corrected chi connectivity index (χ4v) is 0.535. The first-order valence-electron chi connectivity index (χ1n) is 3.81. The van der Waals surface area contributed by atoms with E-state index in [1.165, 1.54) is 0 Å². The lowest BCUT2D eigenvalue weighted by molar-refractivity contribution is 0.269. The third kappa shape index (κ3) is 4.43. The summed E-state index contributed by atoms with van der Waals surface area (Å²) in [7, 11) is 0. The highest BCUT2D eigenvalue weighted by atomic mass is 16.5. The first-order valence-corrected chi connectivity index (χ1v) is 3.81. The third-order valence-electron chi connectivity index (χ3n) is 1.48. The van der Waals surface area contributed by atoms with Crippen molar-refractivity contribution in [2.75, 3.05) is 6.61 Å². The summed E-state index contributed by atoms with van der Waals surface area (Å²) < 4.78 is 5.02. The molecule has 0 fully saturated rings. The summed E-state index contributed by atoms with van der Waals surface area (Å²) in [5, 5.41) is 0. The van der Waals surface area contributed by atoms with Crippen molar-refractivity contribution in [2.24, 2.45) is 5.92 Å². The van der Waals surface area contributed by atoms with Crippen LogP contribution in [0.15, 0.2) is 37.1 Å². The second-order valence-corrected chi connectivity index (χ2v) is 2.36. The summed E-state index contributed by atoms with van der Waals surface area (Å²) in [5.74, 6) is 0.326. The molecule has 0 N–H and O–H groups in total. The Morgan fingerprint density at radius 1 is 1.64 bits per heavy atom. The molecule has 0 saturated carbocycles. The van der Waals surface area contributed by atoms with Gasteiger partial charge in [0.15, 0.2) is 0 Å². The Labute approximate surface area is 69.1 Å². The average Bonchev–Trinajstić information content (AvgIpc) is 2.03. The largest absolute Gasteiger partial charge is 0.501 e. The lowest BCUT2D eigenvalue weighted by Gasteiger charge is -2.03. The van der Waals surface area contributed by atoms with Gasteiger partial charge >= 0.3 is 0 Å². The van der Waals surface area contributed by atoms with E-state index in [-0.39, 0.29) is 0 Å². The molecule has 0 spiro atoms. The normalized spacial score (nSPS) is 12.9. The molecule has 0 aliphatic carbocycles. The van der Waals surface area contributed by atoms with Crippen LogP contribution in [0, 0.1) is 5.92 Å². The molecule has 0 saturated heterocycles. The number of allylic oxidation sites excluding steroid dienone is 3. The molecule has 1 unspecified atom stereocenters. The van der Waals surface area contributed by atoms with E-state index in [9.17, 15) is 0 Å². The van der Waals surface area contributed by atoms with Gasteiger partial charge in [-0.15, -0.1) is 6.58 Å². The summed E-state index contributed by atoms with van der Waals surface area (Å²) in [6.45, 7) is 12.2. The summed E-state index contributed by atoms with van der Waals surface area (Å²) >= 11 is 0. The Morgan fingerprint density at radius 3 is 2.73 bits per heavy atom. The molecule has 0 bridgehead atoms. The topological polar surface area (TPSA) is 9.23 Å². The van der Waals surface area contributed by atoms with E-state index in [4.69, 9.17) is 4.74 Å². The zero-order valence-corrected chi connectivity index (χ0v) is 7.34. The SMILES string of the molecule is C=CC(C)C(=C)/C=C/OCC. The predicted octanol–water partition coefficient (Wildman–Crippen LogP) is 2.91. The minimum absolute atomic E-state index is 0.326. The number of hydrogen-bond acceptors (Lipinski definition) is 1. The molecule has 0 aromatic carbocycles. The van der Waals surface area contributed by atoms with Crippen molar-refractivity contribution in [1.29, 1.82) is 0 Å². The summed E-state index contributed by atoms with van der Waals surface area (Å²) in [5.41, 5.74) is 1.02. The van der Waals surface area contributed by atoms with Crippen LogP contribution < -0.4 is 0 Å². The van der Waals surface area contributed by atoms with Gasteiger partial charge in [0.05, 0.1) is 12.9 Å². The van der Waals surface area contributed by atoms with E-state index in [0.29, 0.717) is 12.5 Å². The molecule has 0 heterocycles. The molecule has 11 heavy (non-hydrogen) atoms. The standard InChI is InChI=1S/C10H16O/c1-5-9(3)10(4)7-8-11-6-2/h5,7-9H,1,4,6H2,2-3H3/b8-7+. The second-order valence-electron chi connectivity index (χ2n) is 2.36. The fraction of sp³-hybridized carbons (Fsp3) is 0.400. The zero-order valence-electron chi connectivity index (χ0n) is 7.34. The van der Waals surface area contributed by atoms with Gasteiger partial charge in [0.2, 0.25) is 0 Å². The number of ether oxygens (including phenoxy) is 1. The van der Waals surface area contributed by atoms with Gasteiger partial charge in [0.1, 0.15) is 0 Å². The van der Waals surface area contributed by atoms with Crippen LogP contribution in [0.25, 0.3) is 0 Å². The lowest BCUT2D eigenvalue weighted by Crippen LogP contribution is -1.90. The highest BCUT2D eigenvalue weighted by Gasteiger charge is 1.95. The Balaban J connectivity index is 3.76. The van der Waals surface area contributed by atoms with Crippen LogP contribution in [-0.4, -0.2) is 6.61 Å². The fourth-order valence-electron chi connectivity index (χ4n) is 0.535. The van der Waals surface area contributed by atoms with Crippen LogP contribution in [0.1, 0.15) is 13.8 Å². The van der Waals surface area contributed by atoms with Crippen molar-refractivity contribution in [1.82, 2.24) is 0 Å². The van der Waals surface area contributed by atoms with Crippen molar-refractivity contribution in [3.8, 4) is 0 Å². The molecular weight excluding hydrogens is 136 g/mol. The zero-order chi connectivity index (χ0) is 8.69. The molecule has 0 aromatic heterocycles. The Bertz CT molecular complexity index is 156. The Morgan fingerprint density at radius 2 is 2.27 bits per heavy atom. The van der Waals surface area contributed by atoms with Crippen LogP contribution in [0.3, 0.4) is 0 Å². The summed E-state index contributed by atoms with van der Waals surface area (Å²) in [4.78, 5) is 0. The smallest absolute Gasteiger partial charge is 0.0845 e. The van der Waals surface area contributed by atoms with Gasteiger partial charge in [-0.05, 0) is 24.5 Å². The van der Waals surface area contributed by atoms with Crippen LogP contribution in [-0.2, 0) is 4.74 Å². The maximum Gasteiger partial charge on any atom is 0.0845 e. The van der Waals surface area contributed by atoms with E-state index in [2.05, 4.69) is 13.2 Å². The highest BCUT2D eigenvalue weighted by Crippen LogP contribution is 2.09. The molecule has 0 aliphatic heterocycles. The van der Waals surface area contributed by atoms with Crippen molar-refractivity contribution >= 4 is 0 Å². The quantitative estimate of drug-likeness (QED) is 0.334. The van der Waals surface area contributed by atoms with Crippen LogP contribution in [0.4, 0.5) is 0 Å². The van der Waals surface area contributed by atoms with E-state index < -0.39 is 0 Å². The van der Waals surface area contributed by atoms with Gasteiger partial charge in [-0.25, -0.2) is 0 Å². The monoisotopic (exact) mass is 152 g/mol. The predicted molar refractivity (Wildman–Crippen MR) is 49.3 cm³/mol. The van der Waals surface area contributed by atoms with Crippen molar-refractivity contribution in [2.45, 2.75) is 13.8 Å². The number of rotatable bonds is 5. The molecule has 62 valence electrons. The third-order valence-corrected chi connectivity index (χ3v) is 1.48. The van der Waals surface area contributed by atoms with E-state index in [1.807, 2.05) is 26.0 Å². The summed E-state index contributed by atoms with van der Waals surface area (Å²) in [6.07, 6.45) is 5.40. The van der Waals surface area contributed by atoms with Gasteiger partial charge < -0.3 is 4.74 Å². The maximum atomic E-state index is 5.02. The molecule has 0 radical (unpaired) electrons. The first-order chi connectivity index (χ1) is 5.22. The van der Waals surface area contributed by atoms with Gasteiger partial charge in [-0.3, -0.25) is 0 Å². The number of hydrogen-bond donors (Lipinski definition) is 0. The molecule has 0 rings (SSSR count). The summed E-state index contributed by atoms with van der Waals surface area (Å²) in [6, 6.07) is 0. The van der Waals surface area contributed by atoms with Crippen molar-refractivity contribution in [3.63, 3.8) is 0 Å². The minimum Gasteiger partial charge on any atom is -0.501 e. The van der Waals surface area contributed by atoms with E-state index in [1.54, 1.807) is 6.26 Å². The van der Waals surface area contributed by atoms with Crippen LogP contribution in [0.2, 0.25) is 0 Å². The van der Waals surface area contributed by atoms with Crippen LogP contribution >= 0.6 is 0 Å². The maximum absolute atomic E-state index is 5.02. The highest BCUT2D eigenvalue weighted by molar-refractivity contribution is 5.19. The molecule has 1 nitrogen and oxygen atoms in total. The van der Waals surface area contributed by atoms with Gasteiger partial charge in [0, 0.05) is 0 Å². The molecule has 1 atom stereocenters. The second kappa shape index (κ2) is 5.78. The van der Waals surface area contributed by atoms with Crippen molar-refractivity contribution < 1.29 is 4.74 Å². The lowest BCUT2D eigenvalue weighted by atomic mass is 10.0. The Kier molecular flexibility index (Phi) is 5.26. The van der Waals surface area contributed by atoms with Crippen LogP contribution in [0.5, 0.6) is 0 Å².